The van der Waals surface area contributed by atoms with Crippen molar-refractivity contribution in [3.63, 3.8) is 0 Å². The van der Waals surface area contributed by atoms with Crippen molar-refractivity contribution in [2.75, 3.05) is 0 Å². The molecule has 3 rings (SSSR count). The zero-order valence-electron chi connectivity index (χ0n) is 13.2. The van der Waals surface area contributed by atoms with Crippen molar-refractivity contribution < 1.29 is 9.52 Å². The van der Waals surface area contributed by atoms with Crippen LogP contribution in [-0.2, 0) is 5.75 Å². The Balaban J connectivity index is 2.01. The van der Waals surface area contributed by atoms with Crippen LogP contribution in [0.1, 0.15) is 22.4 Å². The molecule has 6 heteroatoms. The van der Waals surface area contributed by atoms with E-state index in [1.807, 2.05) is 19.9 Å². The molecule has 1 N–H and O–H groups in total. The Morgan fingerprint density at radius 3 is 2.83 bits per heavy atom. The average Bonchev–Trinajstić information content (AvgIpc) is 2.51. The number of nitriles is 1. The number of fused-ring (bicyclic) bond motifs is 1. The summed E-state index contributed by atoms with van der Waals surface area (Å²) in [6.07, 6.45) is 0. The number of aromatic nitrogens is 1. The van der Waals surface area contributed by atoms with Gasteiger partial charge in [0, 0.05) is 29.0 Å². The zero-order chi connectivity index (χ0) is 17.3. The number of aryl methyl sites for hydroxylation is 2. The molecule has 0 saturated carbocycles. The molecule has 0 amide bonds. The van der Waals surface area contributed by atoms with E-state index in [4.69, 9.17) is 4.42 Å². The molecule has 24 heavy (non-hydrogen) atoms. The minimum Gasteiger partial charge on any atom is -0.508 e. The standard InChI is InChI=1S/C18H14N2O3S/c1-10-5-11(2)20-18(15(10)8-19)24-9-12-6-17(22)23-16-7-13(21)3-4-14(12)16/h3-7,21H,9H2,1-2H3. The number of benzene rings is 1. The molecule has 120 valence electrons. The zero-order valence-corrected chi connectivity index (χ0v) is 14.0. The number of rotatable bonds is 3. The molecular formula is C18H14N2O3S. The Bertz CT molecular complexity index is 1030. The molecule has 0 aliphatic rings. The number of hydrogen-bond donors (Lipinski definition) is 1. The minimum atomic E-state index is -0.474. The van der Waals surface area contributed by atoms with Gasteiger partial charge in [0.05, 0.1) is 5.56 Å². The smallest absolute Gasteiger partial charge is 0.336 e. The highest BCUT2D eigenvalue weighted by Gasteiger charge is 2.12. The molecule has 0 atom stereocenters. The predicted molar refractivity (Wildman–Crippen MR) is 92.1 cm³/mol. The molecule has 0 aliphatic heterocycles. The number of phenolic OH excluding ortho intramolecular Hbond substituents is 1. The van der Waals surface area contributed by atoms with Crippen LogP contribution >= 0.6 is 11.8 Å². The summed E-state index contributed by atoms with van der Waals surface area (Å²) in [5, 5.41) is 20.3. The largest absolute Gasteiger partial charge is 0.508 e. The van der Waals surface area contributed by atoms with Crippen molar-refractivity contribution >= 4 is 22.7 Å². The van der Waals surface area contributed by atoms with Crippen molar-refractivity contribution in [2.45, 2.75) is 24.6 Å². The molecule has 5 nitrogen and oxygen atoms in total. The molecule has 3 aromatic rings. The normalized spacial score (nSPS) is 10.7. The van der Waals surface area contributed by atoms with Crippen molar-refractivity contribution in [3.8, 4) is 11.8 Å². The molecule has 0 saturated heterocycles. The van der Waals surface area contributed by atoms with Gasteiger partial charge in [-0.05, 0) is 43.2 Å². The summed E-state index contributed by atoms with van der Waals surface area (Å²) in [6.45, 7) is 3.76. The lowest BCUT2D eigenvalue weighted by Crippen LogP contribution is -2.00. The number of aromatic hydroxyl groups is 1. The summed E-state index contributed by atoms with van der Waals surface area (Å²) in [5.41, 5.74) is 2.92. The van der Waals surface area contributed by atoms with Gasteiger partial charge in [0.2, 0.25) is 0 Å². The van der Waals surface area contributed by atoms with Gasteiger partial charge < -0.3 is 9.52 Å². The molecule has 0 aliphatic carbocycles. The van der Waals surface area contributed by atoms with Crippen molar-refractivity contribution in [3.05, 3.63) is 63.1 Å². The van der Waals surface area contributed by atoms with Crippen molar-refractivity contribution in [1.29, 1.82) is 5.26 Å². The first-order chi connectivity index (χ1) is 11.5. The van der Waals surface area contributed by atoms with Gasteiger partial charge in [-0.1, -0.05) is 0 Å². The summed E-state index contributed by atoms with van der Waals surface area (Å²) in [4.78, 5) is 16.2. The first kappa shape index (κ1) is 16.1. The van der Waals surface area contributed by atoms with Crippen LogP contribution in [-0.4, -0.2) is 10.1 Å². The fourth-order valence-electron chi connectivity index (χ4n) is 2.53. The topological polar surface area (TPSA) is 87.1 Å². The van der Waals surface area contributed by atoms with Gasteiger partial charge in [0.15, 0.2) is 0 Å². The molecule has 0 bridgehead atoms. The summed E-state index contributed by atoms with van der Waals surface area (Å²) in [6, 6.07) is 10.2. The molecule has 0 unspecified atom stereocenters. The van der Waals surface area contributed by atoms with Gasteiger partial charge in [-0.3, -0.25) is 0 Å². The summed E-state index contributed by atoms with van der Waals surface area (Å²) in [5.74, 6) is 0.510. The average molecular weight is 338 g/mol. The van der Waals surface area contributed by atoms with Gasteiger partial charge in [0.1, 0.15) is 22.4 Å². The summed E-state index contributed by atoms with van der Waals surface area (Å²) in [7, 11) is 0. The Kier molecular flexibility index (Phi) is 4.28. The van der Waals surface area contributed by atoms with Crippen LogP contribution in [0.3, 0.4) is 0 Å². The van der Waals surface area contributed by atoms with Gasteiger partial charge >= 0.3 is 5.63 Å². The molecule has 2 heterocycles. The van der Waals surface area contributed by atoms with Crippen LogP contribution in [0, 0.1) is 25.2 Å². The number of thioether (sulfide) groups is 1. The number of nitrogens with zero attached hydrogens (tertiary/aromatic N) is 2. The number of hydrogen-bond acceptors (Lipinski definition) is 6. The Morgan fingerprint density at radius 1 is 1.29 bits per heavy atom. The van der Waals surface area contributed by atoms with Gasteiger partial charge in [-0.25, -0.2) is 9.78 Å². The fraction of sp³-hybridized carbons (Fsp3) is 0.167. The Hall–Kier alpha value is -2.78. The van der Waals surface area contributed by atoms with Gasteiger partial charge in [-0.2, -0.15) is 5.26 Å². The van der Waals surface area contributed by atoms with E-state index in [1.54, 1.807) is 12.1 Å². The molecule has 2 aromatic heterocycles. The van der Waals surface area contributed by atoms with Crippen LogP contribution in [0.25, 0.3) is 11.0 Å². The second-order valence-corrected chi connectivity index (χ2v) is 6.40. The van der Waals surface area contributed by atoms with Crippen LogP contribution in [0.4, 0.5) is 0 Å². The van der Waals surface area contributed by atoms with E-state index in [9.17, 15) is 15.2 Å². The predicted octanol–water partition coefficient (Wildman–Crippen LogP) is 3.67. The number of phenols is 1. The summed E-state index contributed by atoms with van der Waals surface area (Å²) >= 11 is 1.40. The lowest BCUT2D eigenvalue weighted by molar-refractivity contribution is 0.473. The van der Waals surface area contributed by atoms with E-state index in [0.717, 1.165) is 22.2 Å². The minimum absolute atomic E-state index is 0.0400. The fourth-order valence-corrected chi connectivity index (χ4v) is 3.62. The van der Waals surface area contributed by atoms with Gasteiger partial charge in [-0.15, -0.1) is 11.8 Å². The van der Waals surface area contributed by atoms with Crippen molar-refractivity contribution in [1.82, 2.24) is 4.98 Å². The second-order valence-electron chi connectivity index (χ2n) is 5.43. The van der Waals surface area contributed by atoms with E-state index in [-0.39, 0.29) is 5.75 Å². The Morgan fingerprint density at radius 2 is 2.08 bits per heavy atom. The highest BCUT2D eigenvalue weighted by atomic mass is 32.2. The van der Waals surface area contributed by atoms with E-state index in [1.165, 1.54) is 23.9 Å². The molecule has 0 spiro atoms. The second kappa shape index (κ2) is 6.38. The van der Waals surface area contributed by atoms with Crippen LogP contribution < -0.4 is 5.63 Å². The highest BCUT2D eigenvalue weighted by Crippen LogP contribution is 2.30. The van der Waals surface area contributed by atoms with Gasteiger partial charge in [0.25, 0.3) is 0 Å². The van der Waals surface area contributed by atoms with Crippen LogP contribution in [0.15, 0.2) is 44.6 Å². The maximum Gasteiger partial charge on any atom is 0.336 e. The monoisotopic (exact) mass is 338 g/mol. The van der Waals surface area contributed by atoms with E-state index < -0.39 is 5.63 Å². The highest BCUT2D eigenvalue weighted by molar-refractivity contribution is 7.98. The van der Waals surface area contributed by atoms with E-state index >= 15 is 0 Å². The first-order valence-corrected chi connectivity index (χ1v) is 8.23. The molecule has 0 fully saturated rings. The SMILES string of the molecule is Cc1cc(C)c(C#N)c(SCc2cc(=O)oc3cc(O)ccc23)n1. The molecule has 0 radical (unpaired) electrons. The first-order valence-electron chi connectivity index (χ1n) is 7.25. The lowest BCUT2D eigenvalue weighted by Gasteiger charge is -2.09. The Labute approximate surface area is 142 Å². The molecule has 1 aromatic carbocycles. The third-order valence-electron chi connectivity index (χ3n) is 3.60. The lowest BCUT2D eigenvalue weighted by atomic mass is 10.1. The summed E-state index contributed by atoms with van der Waals surface area (Å²) < 4.78 is 5.13. The van der Waals surface area contributed by atoms with Crippen molar-refractivity contribution in [2.24, 2.45) is 0 Å². The van der Waals surface area contributed by atoms with Crippen LogP contribution in [0.5, 0.6) is 5.75 Å². The van der Waals surface area contributed by atoms with E-state index in [2.05, 4.69) is 11.1 Å². The van der Waals surface area contributed by atoms with Crippen LogP contribution in [0.2, 0.25) is 0 Å². The maximum absolute atomic E-state index is 11.7. The maximum atomic E-state index is 11.7. The third-order valence-corrected chi connectivity index (χ3v) is 4.63. The number of pyridine rings is 1. The quantitative estimate of drug-likeness (QED) is 0.579. The third kappa shape index (κ3) is 3.12. The molecular weight excluding hydrogens is 324 g/mol. The van der Waals surface area contributed by atoms with E-state index in [0.29, 0.717) is 21.9 Å².